The van der Waals surface area contributed by atoms with Crippen molar-refractivity contribution in [3.05, 3.63) is 60.0 Å². The quantitative estimate of drug-likeness (QED) is 0.571. The standard InChI is InChI=1S/C25H29N5O3/c1-29(2)22-15-20(27-24(28-22)18-7-6-12-26-16-18)17-10-13-30(14-11-17)25(31)19-8-5-9-21(32-3)23(19)33-4/h5-9,12,15-17H,10-11,13-14H2,1-4H3. The van der Waals surface area contributed by atoms with E-state index < -0.39 is 0 Å². The van der Waals surface area contributed by atoms with Gasteiger partial charge in [-0.05, 0) is 37.1 Å². The van der Waals surface area contributed by atoms with Crippen LogP contribution in [0.15, 0.2) is 48.8 Å². The van der Waals surface area contributed by atoms with Crippen molar-refractivity contribution in [2.45, 2.75) is 18.8 Å². The molecule has 0 unspecified atom stereocenters. The van der Waals surface area contributed by atoms with Gasteiger partial charge in [0.25, 0.3) is 5.91 Å². The highest BCUT2D eigenvalue weighted by molar-refractivity contribution is 5.97. The van der Waals surface area contributed by atoms with E-state index in [1.165, 1.54) is 0 Å². The number of ether oxygens (including phenoxy) is 2. The van der Waals surface area contributed by atoms with Gasteiger partial charge in [0, 0.05) is 62.8 Å². The molecular formula is C25H29N5O3. The van der Waals surface area contributed by atoms with E-state index in [1.807, 2.05) is 48.2 Å². The lowest BCUT2D eigenvalue weighted by molar-refractivity contribution is 0.0708. The highest BCUT2D eigenvalue weighted by Crippen LogP contribution is 2.34. The number of benzene rings is 1. The van der Waals surface area contributed by atoms with Crippen LogP contribution in [0.4, 0.5) is 5.82 Å². The minimum atomic E-state index is -0.0445. The molecule has 1 fully saturated rings. The molecule has 8 nitrogen and oxygen atoms in total. The molecule has 1 aromatic carbocycles. The number of para-hydroxylation sites is 1. The molecule has 1 aliphatic rings. The summed E-state index contributed by atoms with van der Waals surface area (Å²) >= 11 is 0. The van der Waals surface area contributed by atoms with Crippen molar-refractivity contribution in [1.29, 1.82) is 0 Å². The van der Waals surface area contributed by atoms with Gasteiger partial charge in [-0.25, -0.2) is 9.97 Å². The van der Waals surface area contributed by atoms with Crippen molar-refractivity contribution >= 4 is 11.7 Å². The lowest BCUT2D eigenvalue weighted by Gasteiger charge is -2.32. The van der Waals surface area contributed by atoms with Crippen LogP contribution in [-0.4, -0.2) is 67.2 Å². The van der Waals surface area contributed by atoms with Crippen LogP contribution in [0.2, 0.25) is 0 Å². The third-order valence-electron chi connectivity index (χ3n) is 5.94. The Morgan fingerprint density at radius 3 is 2.48 bits per heavy atom. The summed E-state index contributed by atoms with van der Waals surface area (Å²) < 4.78 is 10.8. The van der Waals surface area contributed by atoms with Crippen LogP contribution in [0.5, 0.6) is 11.5 Å². The van der Waals surface area contributed by atoms with Crippen LogP contribution >= 0.6 is 0 Å². The third kappa shape index (κ3) is 4.74. The van der Waals surface area contributed by atoms with Gasteiger partial charge in [0.15, 0.2) is 17.3 Å². The second-order valence-electron chi connectivity index (χ2n) is 8.22. The molecule has 2 aromatic heterocycles. The first-order valence-electron chi connectivity index (χ1n) is 11.0. The normalized spacial score (nSPS) is 14.1. The number of carbonyl (C=O) groups excluding carboxylic acids is 1. The molecule has 3 heterocycles. The number of rotatable bonds is 6. The predicted molar refractivity (Wildman–Crippen MR) is 127 cm³/mol. The SMILES string of the molecule is COc1cccc(C(=O)N2CCC(c3cc(N(C)C)nc(-c4cccnc4)n3)CC2)c1OC. The van der Waals surface area contributed by atoms with E-state index in [0.29, 0.717) is 36.0 Å². The number of anilines is 1. The van der Waals surface area contributed by atoms with E-state index in [4.69, 9.17) is 19.4 Å². The van der Waals surface area contributed by atoms with Gasteiger partial charge in [-0.3, -0.25) is 9.78 Å². The van der Waals surface area contributed by atoms with E-state index in [-0.39, 0.29) is 11.8 Å². The highest BCUT2D eigenvalue weighted by atomic mass is 16.5. The second kappa shape index (κ2) is 9.85. The van der Waals surface area contributed by atoms with Crippen LogP contribution in [0.3, 0.4) is 0 Å². The average Bonchev–Trinajstić information content (AvgIpc) is 2.88. The molecule has 0 aliphatic carbocycles. The number of methoxy groups -OCH3 is 2. The molecule has 172 valence electrons. The van der Waals surface area contributed by atoms with E-state index in [9.17, 15) is 4.79 Å². The van der Waals surface area contributed by atoms with E-state index in [1.54, 1.807) is 38.7 Å². The zero-order valence-electron chi connectivity index (χ0n) is 19.5. The van der Waals surface area contributed by atoms with Gasteiger partial charge in [-0.15, -0.1) is 0 Å². The van der Waals surface area contributed by atoms with Crippen LogP contribution in [-0.2, 0) is 0 Å². The summed E-state index contributed by atoms with van der Waals surface area (Å²) in [6.07, 6.45) is 5.17. The van der Waals surface area contributed by atoms with Crippen molar-refractivity contribution in [2.75, 3.05) is 46.3 Å². The Labute approximate surface area is 194 Å². The van der Waals surface area contributed by atoms with Crippen molar-refractivity contribution in [1.82, 2.24) is 19.9 Å². The monoisotopic (exact) mass is 447 g/mol. The number of pyridine rings is 1. The largest absolute Gasteiger partial charge is 0.493 e. The Morgan fingerprint density at radius 2 is 1.85 bits per heavy atom. The van der Waals surface area contributed by atoms with E-state index in [2.05, 4.69) is 4.98 Å². The Balaban J connectivity index is 1.54. The summed E-state index contributed by atoms with van der Waals surface area (Å²) in [6, 6.07) is 11.3. The van der Waals surface area contributed by atoms with Crippen molar-refractivity contribution < 1.29 is 14.3 Å². The maximum absolute atomic E-state index is 13.2. The minimum absolute atomic E-state index is 0.0445. The molecule has 0 atom stereocenters. The average molecular weight is 448 g/mol. The molecule has 0 spiro atoms. The van der Waals surface area contributed by atoms with Crippen LogP contribution in [0.25, 0.3) is 11.4 Å². The fourth-order valence-electron chi connectivity index (χ4n) is 4.12. The number of hydrogen-bond donors (Lipinski definition) is 0. The number of piperidine rings is 1. The number of aromatic nitrogens is 3. The smallest absolute Gasteiger partial charge is 0.257 e. The van der Waals surface area contributed by atoms with Crippen molar-refractivity contribution in [3.8, 4) is 22.9 Å². The first kappa shape index (κ1) is 22.5. The van der Waals surface area contributed by atoms with Crippen molar-refractivity contribution in [3.63, 3.8) is 0 Å². The lowest BCUT2D eigenvalue weighted by Crippen LogP contribution is -2.38. The fourth-order valence-corrected chi connectivity index (χ4v) is 4.12. The summed E-state index contributed by atoms with van der Waals surface area (Å²) in [5.74, 6) is 2.76. The molecule has 1 saturated heterocycles. The maximum Gasteiger partial charge on any atom is 0.257 e. The van der Waals surface area contributed by atoms with Gasteiger partial charge >= 0.3 is 0 Å². The Bertz CT molecular complexity index is 1110. The second-order valence-corrected chi connectivity index (χ2v) is 8.22. The first-order chi connectivity index (χ1) is 16.0. The Hall–Kier alpha value is -3.68. The molecule has 1 aliphatic heterocycles. The molecule has 8 heteroatoms. The zero-order chi connectivity index (χ0) is 23.4. The summed E-state index contributed by atoms with van der Waals surface area (Å²) in [5.41, 5.74) is 2.41. The molecule has 1 amide bonds. The van der Waals surface area contributed by atoms with Gasteiger partial charge in [0.1, 0.15) is 5.82 Å². The minimum Gasteiger partial charge on any atom is -0.493 e. The van der Waals surface area contributed by atoms with Crippen LogP contribution < -0.4 is 14.4 Å². The Kier molecular flexibility index (Phi) is 6.72. The summed E-state index contributed by atoms with van der Waals surface area (Å²) in [6.45, 7) is 1.29. The molecular weight excluding hydrogens is 418 g/mol. The molecule has 33 heavy (non-hydrogen) atoms. The fraction of sp³-hybridized carbons (Fsp3) is 0.360. The molecule has 0 N–H and O–H groups in total. The zero-order valence-corrected chi connectivity index (χ0v) is 19.5. The number of nitrogens with zero attached hydrogens (tertiary/aromatic N) is 5. The number of carbonyl (C=O) groups is 1. The van der Waals surface area contributed by atoms with Crippen LogP contribution in [0, 0.1) is 0 Å². The third-order valence-corrected chi connectivity index (χ3v) is 5.94. The summed E-state index contributed by atoms with van der Waals surface area (Å²) in [7, 11) is 7.07. The number of likely N-dealkylation sites (tertiary alicyclic amines) is 1. The van der Waals surface area contributed by atoms with Crippen LogP contribution in [0.1, 0.15) is 34.8 Å². The van der Waals surface area contributed by atoms with Gasteiger partial charge in [-0.2, -0.15) is 0 Å². The number of amides is 1. The van der Waals surface area contributed by atoms with Gasteiger partial charge in [0.2, 0.25) is 0 Å². The van der Waals surface area contributed by atoms with Crippen molar-refractivity contribution in [2.24, 2.45) is 0 Å². The predicted octanol–water partition coefficient (Wildman–Crippen LogP) is 3.64. The van der Waals surface area contributed by atoms with E-state index >= 15 is 0 Å². The molecule has 0 saturated carbocycles. The van der Waals surface area contributed by atoms with Gasteiger partial charge in [-0.1, -0.05) is 6.07 Å². The summed E-state index contributed by atoms with van der Waals surface area (Å²) in [5, 5.41) is 0. The molecule has 4 rings (SSSR count). The molecule has 0 bridgehead atoms. The van der Waals surface area contributed by atoms with E-state index in [0.717, 1.165) is 29.9 Å². The molecule has 0 radical (unpaired) electrons. The molecule has 3 aromatic rings. The number of hydrogen-bond acceptors (Lipinski definition) is 7. The lowest BCUT2D eigenvalue weighted by atomic mass is 9.92. The van der Waals surface area contributed by atoms with Gasteiger partial charge < -0.3 is 19.3 Å². The van der Waals surface area contributed by atoms with Gasteiger partial charge in [0.05, 0.1) is 19.8 Å². The summed E-state index contributed by atoms with van der Waals surface area (Å²) in [4.78, 5) is 30.9. The first-order valence-corrected chi connectivity index (χ1v) is 11.0. The Morgan fingerprint density at radius 1 is 1.06 bits per heavy atom. The maximum atomic E-state index is 13.2. The topological polar surface area (TPSA) is 80.7 Å². The highest BCUT2D eigenvalue weighted by Gasteiger charge is 2.28.